The van der Waals surface area contributed by atoms with Crippen molar-refractivity contribution >= 4 is 71.0 Å². The maximum atomic E-state index is 14.3. The van der Waals surface area contributed by atoms with Crippen LogP contribution in [0.15, 0.2) is 0 Å². The summed E-state index contributed by atoms with van der Waals surface area (Å²) in [5.41, 5.74) is 18.9. The Morgan fingerprint density at radius 1 is 0.541 bits per heavy atom. The number of unbranched alkanes of at least 4 members (excludes halogenated alkanes) is 1. The van der Waals surface area contributed by atoms with E-state index >= 15 is 0 Å². The summed E-state index contributed by atoms with van der Waals surface area (Å²) < 4.78 is 0. The quantitative estimate of drug-likeness (QED) is 0.0201. The Hall–Kier alpha value is -5.23. The van der Waals surface area contributed by atoms with Crippen molar-refractivity contribution in [3.8, 4) is 0 Å². The monoisotopic (exact) mass is 1080 g/mol. The topological polar surface area (TPSA) is 467 Å². The van der Waals surface area contributed by atoms with Crippen LogP contribution in [0.1, 0.15) is 112 Å². The molecule has 0 radical (unpaired) electrons. The maximum Gasteiger partial charge on any atom is 0.328 e. The molecule has 0 aliphatic heterocycles. The minimum absolute atomic E-state index is 0.0350. The molecule has 0 saturated heterocycles. The summed E-state index contributed by atoms with van der Waals surface area (Å²) in [7, 11) is 0. The third-order valence-electron chi connectivity index (χ3n) is 11.7. The summed E-state index contributed by atoms with van der Waals surface area (Å²) in [6, 6.07) is -12.0. The van der Waals surface area contributed by atoms with Crippen molar-refractivity contribution < 1.29 is 79.8 Å². The van der Waals surface area contributed by atoms with Gasteiger partial charge in [-0.15, -0.1) is 0 Å². The van der Waals surface area contributed by atoms with Crippen LogP contribution >= 0.6 is 11.8 Å². The largest absolute Gasteiger partial charge is 0.481 e. The van der Waals surface area contributed by atoms with Crippen LogP contribution in [0.3, 0.4) is 0 Å². The number of rotatable bonds is 40. The molecule has 0 fully saturated rings. The Morgan fingerprint density at radius 2 is 0.959 bits per heavy atom. The van der Waals surface area contributed by atoms with Gasteiger partial charge in [0, 0.05) is 12.8 Å². The average Bonchev–Trinajstić information content (AvgIpc) is 3.33. The van der Waals surface area contributed by atoms with Crippen molar-refractivity contribution in [3.63, 3.8) is 0 Å². The van der Waals surface area contributed by atoms with Gasteiger partial charge < -0.3 is 85.9 Å². The van der Waals surface area contributed by atoms with Crippen LogP contribution in [0.25, 0.3) is 0 Å². The number of aliphatic hydroxyl groups is 2. The number of carboxylic acid groups (broad SMARTS) is 2. The van der Waals surface area contributed by atoms with Crippen molar-refractivity contribution in [2.75, 3.05) is 38.3 Å². The lowest BCUT2D eigenvalue weighted by Gasteiger charge is -2.30. The van der Waals surface area contributed by atoms with Crippen LogP contribution in [0, 0.1) is 17.8 Å². The highest BCUT2D eigenvalue weighted by Crippen LogP contribution is 2.14. The Labute approximate surface area is 437 Å². The second-order valence-electron chi connectivity index (χ2n) is 19.1. The number of thioether (sulfide) groups is 1. The summed E-state index contributed by atoms with van der Waals surface area (Å²) in [4.78, 5) is 133. The number of carbonyl (C=O) groups excluding carboxylic acids is 8. The predicted octanol–water partition coefficient (Wildman–Crippen LogP) is -5.72. The fourth-order valence-electron chi connectivity index (χ4n) is 7.22. The van der Waals surface area contributed by atoms with Gasteiger partial charge in [0.05, 0.1) is 19.8 Å². The van der Waals surface area contributed by atoms with Gasteiger partial charge in [0.15, 0.2) is 6.04 Å². The molecule has 8 amide bonds. The zero-order valence-corrected chi connectivity index (χ0v) is 45.0. The minimum atomic E-state index is -1.64. The summed E-state index contributed by atoms with van der Waals surface area (Å²) >= 11 is 1.48. The van der Waals surface area contributed by atoms with Gasteiger partial charge in [-0.2, -0.15) is 11.8 Å². The van der Waals surface area contributed by atoms with Crippen molar-refractivity contribution in [2.45, 2.75) is 173 Å². The highest BCUT2D eigenvalue weighted by molar-refractivity contribution is 7.98. The highest BCUT2D eigenvalue weighted by Gasteiger charge is 2.36. The zero-order chi connectivity index (χ0) is 56.7. The van der Waals surface area contributed by atoms with Crippen LogP contribution in [0.4, 0.5) is 0 Å². The molecule has 0 heterocycles. The molecular weight excluding hydrogens is 991 g/mol. The number of quaternary nitrogens is 2. The van der Waals surface area contributed by atoms with Crippen molar-refractivity contribution in [3.05, 3.63) is 0 Å². The zero-order valence-electron chi connectivity index (χ0n) is 44.2. The molecule has 0 rings (SSSR count). The van der Waals surface area contributed by atoms with Gasteiger partial charge >= 0.3 is 11.9 Å². The second-order valence-corrected chi connectivity index (χ2v) is 20.1. The molecule has 0 aromatic heterocycles. The number of nitrogens with one attached hydrogen (secondary N) is 9. The Morgan fingerprint density at radius 3 is 1.39 bits per heavy atom. The molecule has 0 aromatic rings. The minimum Gasteiger partial charge on any atom is -0.481 e. The van der Waals surface area contributed by atoms with E-state index in [1.54, 1.807) is 41.5 Å². The van der Waals surface area contributed by atoms with E-state index in [0.717, 1.165) is 0 Å². The molecule has 0 bridgehead atoms. The lowest BCUT2D eigenvalue weighted by molar-refractivity contribution is -0.404. The molecule has 0 unspecified atom stereocenters. The summed E-state index contributed by atoms with van der Waals surface area (Å²) in [5, 5.41) is 61.4. The fraction of sp³-hybridized carbons (Fsp3) is 0.783. The second kappa shape index (κ2) is 37.5. The molecule has 28 heteroatoms. The molecular formula is C46H89N13O14S+2. The molecule has 0 aliphatic carbocycles. The standard InChI is InChI=1S/C46H87N13O14S/c1-8-26(6)36(59-40(67)30(14-15-35(62)63)53-43(70)33(22-60)57-37(64)27(48)16-19-74-7)44(71)54-28(12-9-10-17-47)38(65)52-29(13-11-18-51-46(49)50)39(66)55-31(20-24(2)3)41(68)56-32(21-25(4)5)42(69)58-34(23-61)45(72)73/h24-34,36,46,51,60-61H,8-23,47-50H2,1-7H3,(H,52,65)(H,53,70)(H,54,71)(H,55,66)(H,56,68)(H,57,64)(H,58,69)(H,59,67)(H,62,63)(H,72,73)/p+2/t26-,27-,28-,29-,30-,31-,32-,33-,34-,36-/m0/s1. The first-order valence-electron chi connectivity index (χ1n) is 25.2. The number of nitrogens with two attached hydrogens (primary N) is 2. The van der Waals surface area contributed by atoms with Gasteiger partial charge in [0.2, 0.25) is 41.4 Å². The lowest BCUT2D eigenvalue weighted by atomic mass is 9.96. The Balaban J connectivity index is 6.86. The van der Waals surface area contributed by atoms with E-state index in [1.807, 2.05) is 6.26 Å². The van der Waals surface area contributed by atoms with E-state index in [9.17, 15) is 68.4 Å². The number of hydrogen-bond donors (Lipinski definition) is 17. The molecule has 10 atom stereocenters. The van der Waals surface area contributed by atoms with E-state index in [-0.39, 0.29) is 50.5 Å². The number of carbonyl (C=O) groups is 10. The SMILES string of the molecule is CC[C@H](C)[C@H](NC(=O)[C@H](CCC(=O)O)NC(=O)[C@H](CO)NC(=O)[C@@H]([NH3+])CCSC)C(=O)N[C@@H](CCCC[NH3+])C(=O)N[C@@H](CCCNC(N)N)C(=O)N[C@@H](CC(C)C)C(=O)N[C@@H](CC(C)C)C(=O)N[C@@H](CO)C(=O)O. The van der Waals surface area contributed by atoms with E-state index in [2.05, 4.69) is 59.3 Å². The molecule has 0 spiro atoms. The number of carboxylic acids is 2. The molecule has 74 heavy (non-hydrogen) atoms. The van der Waals surface area contributed by atoms with Crippen LogP contribution in [0.5, 0.6) is 0 Å². The van der Waals surface area contributed by atoms with Crippen molar-refractivity contribution in [1.29, 1.82) is 0 Å². The van der Waals surface area contributed by atoms with Gasteiger partial charge in [0.25, 0.3) is 5.91 Å². The number of aliphatic hydroxyl groups excluding tert-OH is 2. The van der Waals surface area contributed by atoms with Gasteiger partial charge in [-0.3, -0.25) is 48.5 Å². The van der Waals surface area contributed by atoms with Gasteiger partial charge in [-0.1, -0.05) is 48.0 Å². The molecule has 0 aliphatic rings. The fourth-order valence-corrected chi connectivity index (χ4v) is 7.74. The number of hydrogen-bond acceptors (Lipinski definition) is 16. The lowest BCUT2D eigenvalue weighted by Crippen LogP contribution is -2.69. The normalized spacial score (nSPS) is 15.5. The molecule has 23 N–H and O–H groups in total. The van der Waals surface area contributed by atoms with Crippen LogP contribution in [-0.4, -0.2) is 179 Å². The molecule has 27 nitrogen and oxygen atoms in total. The first-order chi connectivity index (χ1) is 34.8. The number of aliphatic carboxylic acids is 2. The van der Waals surface area contributed by atoms with Crippen LogP contribution in [0.2, 0.25) is 0 Å². The smallest absolute Gasteiger partial charge is 0.328 e. The summed E-state index contributed by atoms with van der Waals surface area (Å²) in [6.07, 6.45) is 1.85. The number of amides is 8. The summed E-state index contributed by atoms with van der Waals surface area (Å²) in [6.45, 7) is 9.39. The van der Waals surface area contributed by atoms with Crippen LogP contribution in [-0.2, 0) is 47.9 Å². The molecule has 426 valence electrons. The third kappa shape index (κ3) is 27.9. The maximum absolute atomic E-state index is 14.3. The van der Waals surface area contributed by atoms with Crippen LogP contribution < -0.4 is 70.8 Å². The first kappa shape index (κ1) is 68.8. The van der Waals surface area contributed by atoms with Crippen molar-refractivity contribution in [2.24, 2.45) is 29.2 Å². The Kier molecular flexibility index (Phi) is 34.8. The predicted molar refractivity (Wildman–Crippen MR) is 273 cm³/mol. The van der Waals surface area contributed by atoms with E-state index in [1.165, 1.54) is 11.8 Å². The average molecular weight is 1080 g/mol. The van der Waals surface area contributed by atoms with E-state index in [0.29, 0.717) is 38.0 Å². The summed E-state index contributed by atoms with van der Waals surface area (Å²) in [5.74, 6) is -9.87. The van der Waals surface area contributed by atoms with Gasteiger partial charge in [-0.25, -0.2) is 4.79 Å². The highest BCUT2D eigenvalue weighted by atomic mass is 32.2. The molecule has 0 saturated carbocycles. The van der Waals surface area contributed by atoms with E-state index < -0.39 is 152 Å². The Bertz CT molecular complexity index is 1800. The third-order valence-corrected chi connectivity index (χ3v) is 12.4. The van der Waals surface area contributed by atoms with E-state index in [4.69, 9.17) is 11.5 Å². The van der Waals surface area contributed by atoms with Gasteiger partial charge in [-0.05, 0) is 87.7 Å². The van der Waals surface area contributed by atoms with Crippen molar-refractivity contribution in [1.82, 2.24) is 47.9 Å². The molecule has 0 aromatic carbocycles. The van der Waals surface area contributed by atoms with Gasteiger partial charge in [0.1, 0.15) is 54.6 Å². The first-order valence-corrected chi connectivity index (χ1v) is 26.6.